The molecule has 0 atom stereocenters. The van der Waals surface area contributed by atoms with E-state index < -0.39 is 5.60 Å². The fourth-order valence-electron chi connectivity index (χ4n) is 2.18. The molecular weight excluding hydrogens is 228 g/mol. The van der Waals surface area contributed by atoms with Crippen molar-refractivity contribution >= 4 is 5.91 Å². The van der Waals surface area contributed by atoms with Crippen LogP contribution in [0.3, 0.4) is 0 Å². The highest BCUT2D eigenvalue weighted by atomic mass is 16.3. The average Bonchev–Trinajstić information content (AvgIpc) is 2.26. The van der Waals surface area contributed by atoms with Gasteiger partial charge in [-0.25, -0.2) is 0 Å². The topological polar surface area (TPSA) is 64.3 Å². The van der Waals surface area contributed by atoms with Gasteiger partial charge in [-0.05, 0) is 25.5 Å². The number of hydrogen-bond acceptors (Lipinski definition) is 3. The van der Waals surface area contributed by atoms with Crippen LogP contribution in [0.5, 0.6) is 0 Å². The summed E-state index contributed by atoms with van der Waals surface area (Å²) in [7, 11) is 0. The van der Waals surface area contributed by atoms with E-state index in [2.05, 4.69) is 6.07 Å². The fraction of sp³-hybridized carbons (Fsp3) is 0.429. The highest BCUT2D eigenvalue weighted by molar-refractivity contribution is 5.85. The lowest BCUT2D eigenvalue weighted by molar-refractivity contribution is -0.152. The predicted octanol–water partition coefficient (Wildman–Crippen LogP) is 1.25. The van der Waals surface area contributed by atoms with Crippen LogP contribution in [-0.2, 0) is 4.79 Å². The number of carbonyl (C=O) groups is 1. The van der Waals surface area contributed by atoms with Crippen LogP contribution in [0, 0.1) is 11.3 Å². The minimum atomic E-state index is -1.32. The van der Waals surface area contributed by atoms with Crippen molar-refractivity contribution in [3.63, 3.8) is 0 Å². The molecule has 1 aliphatic rings. The molecule has 0 saturated carbocycles. The van der Waals surface area contributed by atoms with E-state index in [-0.39, 0.29) is 11.8 Å². The summed E-state index contributed by atoms with van der Waals surface area (Å²) >= 11 is 0. The summed E-state index contributed by atoms with van der Waals surface area (Å²) in [5.41, 5.74) is 0.331. The molecule has 0 aromatic heterocycles. The van der Waals surface area contributed by atoms with E-state index in [1.165, 1.54) is 13.8 Å². The minimum absolute atomic E-state index is 0.201. The fourth-order valence-corrected chi connectivity index (χ4v) is 2.18. The Kier molecular flexibility index (Phi) is 3.10. The summed E-state index contributed by atoms with van der Waals surface area (Å²) in [6.07, 6.45) is 0. The molecule has 18 heavy (non-hydrogen) atoms. The van der Waals surface area contributed by atoms with E-state index in [1.807, 2.05) is 18.2 Å². The molecule has 1 aliphatic heterocycles. The second-order valence-electron chi connectivity index (χ2n) is 5.17. The minimum Gasteiger partial charge on any atom is -0.381 e. The monoisotopic (exact) mass is 244 g/mol. The normalized spacial score (nSPS) is 16.0. The summed E-state index contributed by atoms with van der Waals surface area (Å²) in [4.78, 5) is 13.4. The quantitative estimate of drug-likeness (QED) is 0.851. The first-order chi connectivity index (χ1) is 8.43. The van der Waals surface area contributed by atoms with Crippen LogP contribution >= 0.6 is 0 Å². The van der Waals surface area contributed by atoms with Crippen molar-refractivity contribution in [3.8, 4) is 6.07 Å². The van der Waals surface area contributed by atoms with Gasteiger partial charge in [0.1, 0.15) is 5.60 Å². The number of hydrogen-bond donors (Lipinski definition) is 1. The smallest absolute Gasteiger partial charge is 0.253 e. The van der Waals surface area contributed by atoms with Crippen molar-refractivity contribution < 1.29 is 9.90 Å². The number of amides is 1. The molecule has 0 spiro atoms. The maximum absolute atomic E-state index is 11.8. The Morgan fingerprint density at radius 3 is 2.61 bits per heavy atom. The number of rotatable bonds is 2. The van der Waals surface area contributed by atoms with Crippen molar-refractivity contribution in [1.82, 2.24) is 4.90 Å². The first-order valence-corrected chi connectivity index (χ1v) is 5.94. The summed E-state index contributed by atoms with van der Waals surface area (Å²) in [6, 6.07) is 9.61. The van der Waals surface area contributed by atoms with Crippen molar-refractivity contribution in [1.29, 1.82) is 5.26 Å². The van der Waals surface area contributed by atoms with Gasteiger partial charge in [-0.2, -0.15) is 5.26 Å². The van der Waals surface area contributed by atoms with Gasteiger partial charge in [-0.1, -0.05) is 18.2 Å². The highest BCUT2D eigenvalue weighted by Gasteiger charge is 2.38. The molecular formula is C14H16N2O2. The molecule has 0 bridgehead atoms. The number of carbonyl (C=O) groups excluding carboxylic acids is 1. The van der Waals surface area contributed by atoms with Gasteiger partial charge in [0, 0.05) is 19.0 Å². The van der Waals surface area contributed by atoms with Gasteiger partial charge in [-0.3, -0.25) is 4.79 Å². The van der Waals surface area contributed by atoms with E-state index >= 15 is 0 Å². The van der Waals surface area contributed by atoms with Gasteiger partial charge in [0.15, 0.2) is 0 Å². The van der Waals surface area contributed by atoms with Crippen LogP contribution in [-0.4, -0.2) is 34.6 Å². The lowest BCUT2D eigenvalue weighted by Gasteiger charge is -2.42. The van der Waals surface area contributed by atoms with Crippen molar-refractivity contribution in [2.24, 2.45) is 0 Å². The lowest BCUT2D eigenvalue weighted by atomic mass is 9.87. The highest BCUT2D eigenvalue weighted by Crippen LogP contribution is 2.30. The molecule has 1 aromatic carbocycles. The van der Waals surface area contributed by atoms with Gasteiger partial charge in [0.25, 0.3) is 5.91 Å². The molecule has 0 unspecified atom stereocenters. The van der Waals surface area contributed by atoms with Crippen LogP contribution in [0.4, 0.5) is 0 Å². The zero-order valence-electron chi connectivity index (χ0n) is 10.6. The summed E-state index contributed by atoms with van der Waals surface area (Å²) in [6.45, 7) is 4.13. The van der Waals surface area contributed by atoms with Gasteiger partial charge in [0.05, 0.1) is 11.6 Å². The van der Waals surface area contributed by atoms with Crippen LogP contribution in [0.2, 0.25) is 0 Å². The Balaban J connectivity index is 2.06. The Bertz CT molecular complexity index is 505. The third-order valence-electron chi connectivity index (χ3n) is 3.21. The third-order valence-corrected chi connectivity index (χ3v) is 3.21. The molecule has 1 fully saturated rings. The Labute approximate surface area is 106 Å². The average molecular weight is 244 g/mol. The summed E-state index contributed by atoms with van der Waals surface area (Å²) in [5, 5.41) is 18.7. The molecule has 1 amide bonds. The number of benzene rings is 1. The van der Waals surface area contributed by atoms with Crippen LogP contribution < -0.4 is 0 Å². The molecule has 4 heteroatoms. The molecule has 4 nitrogen and oxygen atoms in total. The molecule has 0 aliphatic carbocycles. The summed E-state index contributed by atoms with van der Waals surface area (Å²) < 4.78 is 0. The zero-order chi connectivity index (χ0) is 13.3. The second kappa shape index (κ2) is 4.43. The van der Waals surface area contributed by atoms with Gasteiger partial charge >= 0.3 is 0 Å². The maximum atomic E-state index is 11.8. The van der Waals surface area contributed by atoms with E-state index in [9.17, 15) is 9.90 Å². The standard InChI is InChI=1S/C14H16N2O2/c1-14(2,18)13(17)16-8-11(9-16)12-6-4-3-5-10(12)7-15/h3-6,11,18H,8-9H2,1-2H3. The maximum Gasteiger partial charge on any atom is 0.253 e. The Morgan fingerprint density at radius 1 is 1.44 bits per heavy atom. The molecule has 1 heterocycles. The van der Waals surface area contributed by atoms with E-state index in [4.69, 9.17) is 5.26 Å². The van der Waals surface area contributed by atoms with Gasteiger partial charge in [-0.15, -0.1) is 0 Å². The SMILES string of the molecule is CC(C)(O)C(=O)N1CC(c2ccccc2C#N)C1. The Morgan fingerprint density at radius 2 is 2.06 bits per heavy atom. The molecule has 2 rings (SSSR count). The molecule has 1 aromatic rings. The first kappa shape index (κ1) is 12.6. The van der Waals surface area contributed by atoms with Crippen LogP contribution in [0.25, 0.3) is 0 Å². The molecule has 1 saturated heterocycles. The number of nitriles is 1. The third kappa shape index (κ3) is 2.22. The zero-order valence-corrected chi connectivity index (χ0v) is 10.6. The number of aliphatic hydroxyl groups is 1. The molecule has 0 radical (unpaired) electrons. The predicted molar refractivity (Wildman–Crippen MR) is 66.8 cm³/mol. The van der Waals surface area contributed by atoms with Crippen molar-refractivity contribution in [2.45, 2.75) is 25.4 Å². The first-order valence-electron chi connectivity index (χ1n) is 5.94. The van der Waals surface area contributed by atoms with Gasteiger partial charge in [0.2, 0.25) is 0 Å². The van der Waals surface area contributed by atoms with Gasteiger partial charge < -0.3 is 10.0 Å². The van der Waals surface area contributed by atoms with Crippen LogP contribution in [0.15, 0.2) is 24.3 Å². The second-order valence-corrected chi connectivity index (χ2v) is 5.17. The van der Waals surface area contributed by atoms with Crippen LogP contribution in [0.1, 0.15) is 30.9 Å². The van der Waals surface area contributed by atoms with Crippen molar-refractivity contribution in [2.75, 3.05) is 13.1 Å². The van der Waals surface area contributed by atoms with E-state index in [0.29, 0.717) is 18.7 Å². The van der Waals surface area contributed by atoms with E-state index in [0.717, 1.165) is 5.56 Å². The summed E-state index contributed by atoms with van der Waals surface area (Å²) in [5.74, 6) is -0.0552. The van der Waals surface area contributed by atoms with Crippen molar-refractivity contribution in [3.05, 3.63) is 35.4 Å². The Hall–Kier alpha value is -1.86. The lowest BCUT2D eigenvalue weighted by Crippen LogP contribution is -2.55. The number of nitrogens with zero attached hydrogens (tertiary/aromatic N) is 2. The molecule has 1 N–H and O–H groups in total. The number of likely N-dealkylation sites (tertiary alicyclic amines) is 1. The molecule has 94 valence electrons. The van der Waals surface area contributed by atoms with E-state index in [1.54, 1.807) is 11.0 Å². The largest absolute Gasteiger partial charge is 0.381 e.